The molecule has 0 atom stereocenters. The molecular weight excluding hydrogens is 336 g/mol. The van der Waals surface area contributed by atoms with E-state index >= 15 is 0 Å². The van der Waals surface area contributed by atoms with E-state index < -0.39 is 0 Å². The van der Waals surface area contributed by atoms with Crippen molar-refractivity contribution in [3.8, 4) is 5.69 Å². The highest BCUT2D eigenvalue weighted by Gasteiger charge is 2.09. The fourth-order valence-electron chi connectivity index (χ4n) is 2.94. The van der Waals surface area contributed by atoms with Gasteiger partial charge in [0, 0.05) is 5.69 Å². The van der Waals surface area contributed by atoms with Gasteiger partial charge in [0.15, 0.2) is 0 Å². The van der Waals surface area contributed by atoms with Gasteiger partial charge in [-0.1, -0.05) is 36.4 Å². The summed E-state index contributed by atoms with van der Waals surface area (Å²) in [5.41, 5.74) is 6.58. The summed E-state index contributed by atoms with van der Waals surface area (Å²) < 4.78 is 0. The Morgan fingerprint density at radius 1 is 0.889 bits per heavy atom. The summed E-state index contributed by atoms with van der Waals surface area (Å²) in [6.07, 6.45) is 0.341. The van der Waals surface area contributed by atoms with Crippen LogP contribution in [0.4, 0.5) is 5.69 Å². The van der Waals surface area contributed by atoms with Gasteiger partial charge in [-0.25, -0.2) is 0 Å². The number of benzene rings is 3. The predicted molar refractivity (Wildman–Crippen MR) is 107 cm³/mol. The Morgan fingerprint density at radius 2 is 1.67 bits per heavy atom. The van der Waals surface area contributed by atoms with Crippen LogP contribution in [0.1, 0.15) is 16.7 Å². The molecule has 0 aliphatic heterocycles. The van der Waals surface area contributed by atoms with Crippen molar-refractivity contribution in [1.82, 2.24) is 15.0 Å². The van der Waals surface area contributed by atoms with Crippen molar-refractivity contribution in [2.45, 2.75) is 20.3 Å². The lowest BCUT2D eigenvalue weighted by Crippen LogP contribution is -2.14. The number of hydrogen-bond donors (Lipinski definition) is 1. The molecule has 1 aromatic heterocycles. The van der Waals surface area contributed by atoms with Gasteiger partial charge in [-0.05, 0) is 60.9 Å². The zero-order valence-corrected chi connectivity index (χ0v) is 15.3. The van der Waals surface area contributed by atoms with Crippen molar-refractivity contribution in [3.05, 3.63) is 83.4 Å². The molecule has 1 N–H and O–H groups in total. The fraction of sp³-hybridized carbons (Fsp3) is 0.136. The van der Waals surface area contributed by atoms with Gasteiger partial charge in [-0.3, -0.25) is 4.79 Å². The van der Waals surface area contributed by atoms with Gasteiger partial charge >= 0.3 is 0 Å². The Labute approximate surface area is 157 Å². The maximum atomic E-state index is 12.3. The first-order valence-corrected chi connectivity index (χ1v) is 8.87. The van der Waals surface area contributed by atoms with Crippen LogP contribution in [0.15, 0.2) is 66.7 Å². The summed E-state index contributed by atoms with van der Waals surface area (Å²) in [4.78, 5) is 13.9. The second-order valence-electron chi connectivity index (χ2n) is 6.67. The number of nitrogens with one attached hydrogen (secondary N) is 1. The van der Waals surface area contributed by atoms with Crippen LogP contribution in [0, 0.1) is 13.8 Å². The van der Waals surface area contributed by atoms with Gasteiger partial charge in [0.2, 0.25) is 5.91 Å². The minimum atomic E-state index is -0.0536. The van der Waals surface area contributed by atoms with E-state index in [1.54, 1.807) is 4.80 Å². The zero-order chi connectivity index (χ0) is 18.8. The number of fused-ring (bicyclic) bond motifs is 1. The Bertz CT molecular complexity index is 1120. The summed E-state index contributed by atoms with van der Waals surface area (Å²) in [5.74, 6) is -0.0536. The Morgan fingerprint density at radius 3 is 2.44 bits per heavy atom. The lowest BCUT2D eigenvalue weighted by atomic mass is 10.1. The molecule has 0 saturated carbocycles. The molecule has 0 fully saturated rings. The molecule has 1 heterocycles. The molecule has 5 heteroatoms. The molecule has 0 spiro atoms. The van der Waals surface area contributed by atoms with E-state index in [0.717, 1.165) is 28.0 Å². The monoisotopic (exact) mass is 356 g/mol. The van der Waals surface area contributed by atoms with Crippen LogP contribution in [-0.2, 0) is 11.2 Å². The Balaban J connectivity index is 1.55. The normalized spacial score (nSPS) is 10.9. The molecule has 0 aliphatic carbocycles. The average Bonchev–Trinajstić information content (AvgIpc) is 3.08. The maximum Gasteiger partial charge on any atom is 0.228 e. The number of nitrogens with zero attached hydrogens (tertiary/aromatic N) is 3. The lowest BCUT2D eigenvalue weighted by molar-refractivity contribution is -0.115. The molecule has 0 unspecified atom stereocenters. The van der Waals surface area contributed by atoms with Crippen molar-refractivity contribution in [1.29, 1.82) is 0 Å². The zero-order valence-electron chi connectivity index (χ0n) is 15.3. The molecule has 4 aromatic rings. The predicted octanol–water partition coefficient (Wildman–Crippen LogP) is 4.22. The van der Waals surface area contributed by atoms with Crippen molar-refractivity contribution >= 4 is 22.6 Å². The molecule has 0 radical (unpaired) electrons. The van der Waals surface area contributed by atoms with Crippen LogP contribution in [0.25, 0.3) is 16.7 Å². The molecule has 0 saturated heterocycles. The van der Waals surface area contributed by atoms with E-state index in [2.05, 4.69) is 41.5 Å². The second-order valence-corrected chi connectivity index (χ2v) is 6.67. The van der Waals surface area contributed by atoms with Crippen LogP contribution < -0.4 is 5.32 Å². The first-order chi connectivity index (χ1) is 13.1. The third-order valence-electron chi connectivity index (χ3n) is 4.59. The van der Waals surface area contributed by atoms with Gasteiger partial charge < -0.3 is 5.32 Å². The maximum absolute atomic E-state index is 12.3. The van der Waals surface area contributed by atoms with Crippen LogP contribution in [-0.4, -0.2) is 20.9 Å². The number of carbonyl (C=O) groups is 1. The number of aromatic nitrogens is 3. The lowest BCUT2D eigenvalue weighted by Gasteiger charge is -2.05. The van der Waals surface area contributed by atoms with Crippen molar-refractivity contribution in [3.63, 3.8) is 0 Å². The number of aryl methyl sites for hydroxylation is 2. The molecule has 5 nitrogen and oxygen atoms in total. The third kappa shape index (κ3) is 3.72. The minimum absolute atomic E-state index is 0.0536. The Hall–Kier alpha value is -3.47. The van der Waals surface area contributed by atoms with Gasteiger partial charge in [-0.2, -0.15) is 4.80 Å². The van der Waals surface area contributed by atoms with Gasteiger partial charge in [0.25, 0.3) is 0 Å². The van der Waals surface area contributed by atoms with Gasteiger partial charge in [0.05, 0.1) is 12.1 Å². The summed E-state index contributed by atoms with van der Waals surface area (Å²) in [6, 6.07) is 21.4. The van der Waals surface area contributed by atoms with Crippen LogP contribution in [0.3, 0.4) is 0 Å². The van der Waals surface area contributed by atoms with Gasteiger partial charge in [-0.15, -0.1) is 10.2 Å². The molecule has 0 bridgehead atoms. The first kappa shape index (κ1) is 17.0. The molecule has 3 aromatic carbocycles. The molecule has 4 rings (SSSR count). The second kappa shape index (κ2) is 7.03. The topological polar surface area (TPSA) is 59.8 Å². The fourth-order valence-corrected chi connectivity index (χ4v) is 2.94. The number of hydrogen-bond acceptors (Lipinski definition) is 3. The molecule has 27 heavy (non-hydrogen) atoms. The molecule has 1 amide bonds. The average molecular weight is 356 g/mol. The first-order valence-electron chi connectivity index (χ1n) is 8.87. The van der Waals surface area contributed by atoms with E-state index in [0.29, 0.717) is 6.42 Å². The van der Waals surface area contributed by atoms with E-state index in [-0.39, 0.29) is 5.91 Å². The van der Waals surface area contributed by atoms with Crippen molar-refractivity contribution < 1.29 is 4.79 Å². The van der Waals surface area contributed by atoms with Crippen LogP contribution in [0.5, 0.6) is 0 Å². The molecule has 134 valence electrons. The van der Waals surface area contributed by atoms with Gasteiger partial charge in [0.1, 0.15) is 11.0 Å². The van der Waals surface area contributed by atoms with Crippen LogP contribution in [0.2, 0.25) is 0 Å². The largest absolute Gasteiger partial charge is 0.326 e. The highest BCUT2D eigenvalue weighted by Crippen LogP contribution is 2.19. The number of anilines is 1. The minimum Gasteiger partial charge on any atom is -0.326 e. The standard InChI is InChI=1S/C22H20N4O/c1-15-8-10-19(12-16(15)2)26-24-20-11-9-18(14-21(20)25-26)23-22(27)13-17-6-4-3-5-7-17/h3-12,14H,13H2,1-2H3,(H,23,27). The quantitative estimate of drug-likeness (QED) is 0.596. The van der Waals surface area contributed by atoms with Crippen molar-refractivity contribution in [2.24, 2.45) is 0 Å². The highest BCUT2D eigenvalue weighted by molar-refractivity contribution is 5.94. The van der Waals surface area contributed by atoms with Crippen molar-refractivity contribution in [2.75, 3.05) is 5.32 Å². The van der Waals surface area contributed by atoms with Crippen LogP contribution >= 0.6 is 0 Å². The van der Waals surface area contributed by atoms with E-state index in [4.69, 9.17) is 0 Å². The molecule has 0 aliphatic rings. The number of carbonyl (C=O) groups excluding carboxylic acids is 1. The highest BCUT2D eigenvalue weighted by atomic mass is 16.1. The smallest absolute Gasteiger partial charge is 0.228 e. The number of rotatable bonds is 4. The van der Waals surface area contributed by atoms with E-state index in [1.807, 2.05) is 54.6 Å². The summed E-state index contributed by atoms with van der Waals surface area (Å²) in [6.45, 7) is 4.15. The third-order valence-corrected chi connectivity index (χ3v) is 4.59. The van der Waals surface area contributed by atoms with E-state index in [1.165, 1.54) is 11.1 Å². The SMILES string of the molecule is Cc1ccc(-n2nc3ccc(NC(=O)Cc4ccccc4)cc3n2)cc1C. The van der Waals surface area contributed by atoms with E-state index in [9.17, 15) is 4.79 Å². The summed E-state index contributed by atoms with van der Waals surface area (Å²) >= 11 is 0. The number of amides is 1. The summed E-state index contributed by atoms with van der Waals surface area (Å²) in [7, 11) is 0. The molecular formula is C22H20N4O. The summed E-state index contributed by atoms with van der Waals surface area (Å²) in [5, 5.41) is 12.0. The Kier molecular flexibility index (Phi) is 4.42.